The van der Waals surface area contributed by atoms with Gasteiger partial charge in [0.25, 0.3) is 5.91 Å². The van der Waals surface area contributed by atoms with Gasteiger partial charge in [0.05, 0.1) is 11.2 Å². The highest BCUT2D eigenvalue weighted by atomic mass is 19.1. The van der Waals surface area contributed by atoms with E-state index in [9.17, 15) is 14.0 Å². The van der Waals surface area contributed by atoms with Crippen LogP contribution in [0.5, 0.6) is 0 Å². The molecular weight excluding hydrogens is 391 g/mol. The van der Waals surface area contributed by atoms with E-state index in [0.29, 0.717) is 17.4 Å². The van der Waals surface area contributed by atoms with Crippen molar-refractivity contribution in [3.05, 3.63) is 41.8 Å². The van der Waals surface area contributed by atoms with E-state index in [1.54, 1.807) is 13.8 Å². The van der Waals surface area contributed by atoms with Gasteiger partial charge in [-0.3, -0.25) is 14.6 Å². The first-order chi connectivity index (χ1) is 13.9. The molecule has 1 aromatic carbocycles. The van der Waals surface area contributed by atoms with Crippen LogP contribution in [0.4, 0.5) is 10.1 Å². The normalized spacial score (nSPS) is 17.1. The van der Waals surface area contributed by atoms with Gasteiger partial charge in [0.1, 0.15) is 17.6 Å². The average molecular weight is 416 g/mol. The standard InChI is InChI=1S/C20H25FN6O3/c1-19(2,3)18-23-17(26-30-18)20(4,5)24-16(29)13-10-14(15(22)28)27(25-13)12-8-6-11(21)7-9-12/h6-9,14H,10H2,1-5H3,(H2,22,28)(H,24,29). The number of nitrogens with one attached hydrogen (secondary N) is 1. The number of hydrazone groups is 1. The molecule has 10 heteroatoms. The number of nitrogens with two attached hydrogens (primary N) is 1. The second-order valence-corrected chi connectivity index (χ2v) is 8.74. The quantitative estimate of drug-likeness (QED) is 0.767. The molecule has 1 unspecified atom stereocenters. The Bertz CT molecular complexity index is 991. The fraction of sp³-hybridized carbons (Fsp3) is 0.450. The van der Waals surface area contributed by atoms with Crippen molar-refractivity contribution in [1.82, 2.24) is 15.5 Å². The van der Waals surface area contributed by atoms with E-state index in [1.807, 2.05) is 20.8 Å². The van der Waals surface area contributed by atoms with E-state index in [1.165, 1.54) is 29.3 Å². The first kappa shape index (κ1) is 21.4. The first-order valence-electron chi connectivity index (χ1n) is 9.47. The molecule has 160 valence electrons. The highest BCUT2D eigenvalue weighted by molar-refractivity contribution is 6.40. The number of hydrogen-bond acceptors (Lipinski definition) is 7. The number of carbonyl (C=O) groups excluding carboxylic acids is 2. The Morgan fingerprint density at radius 3 is 2.37 bits per heavy atom. The zero-order chi connectivity index (χ0) is 22.3. The highest BCUT2D eigenvalue weighted by Gasteiger charge is 2.38. The van der Waals surface area contributed by atoms with Crippen molar-refractivity contribution < 1.29 is 18.5 Å². The predicted octanol–water partition coefficient (Wildman–Crippen LogP) is 1.98. The van der Waals surface area contributed by atoms with E-state index in [4.69, 9.17) is 10.3 Å². The molecule has 3 rings (SSSR count). The number of anilines is 1. The van der Waals surface area contributed by atoms with Crippen LogP contribution in [-0.2, 0) is 20.5 Å². The largest absolute Gasteiger partial charge is 0.368 e. The van der Waals surface area contributed by atoms with Crippen LogP contribution in [-0.4, -0.2) is 33.7 Å². The maximum atomic E-state index is 13.2. The lowest BCUT2D eigenvalue weighted by Gasteiger charge is -2.22. The lowest BCUT2D eigenvalue weighted by Crippen LogP contribution is -2.45. The van der Waals surface area contributed by atoms with Crippen LogP contribution in [0.25, 0.3) is 0 Å². The minimum atomic E-state index is -0.946. The second kappa shape index (κ2) is 7.51. The van der Waals surface area contributed by atoms with Gasteiger partial charge in [-0.1, -0.05) is 25.9 Å². The molecule has 3 N–H and O–H groups in total. The van der Waals surface area contributed by atoms with E-state index < -0.39 is 29.2 Å². The van der Waals surface area contributed by atoms with Gasteiger partial charge in [0, 0.05) is 11.8 Å². The van der Waals surface area contributed by atoms with Crippen LogP contribution in [0.15, 0.2) is 33.9 Å². The molecule has 1 aliphatic heterocycles. The van der Waals surface area contributed by atoms with Crippen molar-refractivity contribution in [1.29, 1.82) is 0 Å². The summed E-state index contributed by atoms with van der Waals surface area (Å²) in [6.45, 7) is 9.30. The van der Waals surface area contributed by atoms with Crippen molar-refractivity contribution in [3.63, 3.8) is 0 Å². The molecule has 2 amide bonds. The first-order valence-corrected chi connectivity index (χ1v) is 9.47. The minimum absolute atomic E-state index is 0.0219. The summed E-state index contributed by atoms with van der Waals surface area (Å²) < 4.78 is 18.5. The third-order valence-corrected chi connectivity index (χ3v) is 4.64. The maximum absolute atomic E-state index is 13.2. The molecule has 0 bridgehead atoms. The monoisotopic (exact) mass is 416 g/mol. The summed E-state index contributed by atoms with van der Waals surface area (Å²) in [5.74, 6) is -0.779. The molecule has 0 spiro atoms. The highest BCUT2D eigenvalue weighted by Crippen LogP contribution is 2.27. The van der Waals surface area contributed by atoms with Crippen molar-refractivity contribution in [2.75, 3.05) is 5.01 Å². The third-order valence-electron chi connectivity index (χ3n) is 4.64. The van der Waals surface area contributed by atoms with Gasteiger partial charge < -0.3 is 15.6 Å². The molecule has 0 fully saturated rings. The smallest absolute Gasteiger partial charge is 0.268 e. The van der Waals surface area contributed by atoms with E-state index in [0.717, 1.165) is 0 Å². The Morgan fingerprint density at radius 1 is 1.20 bits per heavy atom. The van der Waals surface area contributed by atoms with Gasteiger partial charge >= 0.3 is 0 Å². The molecule has 0 saturated heterocycles. The Hall–Kier alpha value is -3.30. The van der Waals surface area contributed by atoms with Crippen LogP contribution < -0.4 is 16.1 Å². The van der Waals surface area contributed by atoms with Crippen LogP contribution in [0.2, 0.25) is 0 Å². The molecule has 2 aromatic rings. The summed E-state index contributed by atoms with van der Waals surface area (Å²) in [6.07, 6.45) is 0.0219. The third kappa shape index (κ3) is 4.32. The topological polar surface area (TPSA) is 127 Å². The van der Waals surface area contributed by atoms with Crippen LogP contribution in [0, 0.1) is 5.82 Å². The summed E-state index contributed by atoms with van der Waals surface area (Å²) >= 11 is 0. The number of rotatable bonds is 5. The zero-order valence-corrected chi connectivity index (χ0v) is 17.6. The SMILES string of the molecule is CC(C)(C)c1nc(C(C)(C)NC(=O)C2=NN(c3ccc(F)cc3)C(C(N)=O)C2)no1. The second-order valence-electron chi connectivity index (χ2n) is 8.74. The van der Waals surface area contributed by atoms with Crippen molar-refractivity contribution in [2.45, 2.75) is 58.0 Å². The van der Waals surface area contributed by atoms with Crippen molar-refractivity contribution in [3.8, 4) is 0 Å². The van der Waals surface area contributed by atoms with E-state index in [-0.39, 0.29) is 17.5 Å². The molecule has 1 aromatic heterocycles. The maximum Gasteiger partial charge on any atom is 0.268 e. The Morgan fingerprint density at radius 2 is 1.83 bits per heavy atom. The Labute approximate surface area is 173 Å². The minimum Gasteiger partial charge on any atom is -0.368 e. The number of primary amides is 1. The fourth-order valence-electron chi connectivity index (χ4n) is 2.89. The summed E-state index contributed by atoms with van der Waals surface area (Å²) in [5, 5.41) is 12.4. The van der Waals surface area contributed by atoms with Gasteiger partial charge in [-0.25, -0.2) is 4.39 Å². The number of hydrogen-bond donors (Lipinski definition) is 2. The van der Waals surface area contributed by atoms with Crippen LogP contribution in [0.1, 0.15) is 52.8 Å². The summed E-state index contributed by atoms with van der Waals surface area (Å²) in [5.41, 5.74) is 4.79. The molecule has 9 nitrogen and oxygen atoms in total. The van der Waals surface area contributed by atoms with Crippen molar-refractivity contribution in [2.24, 2.45) is 10.8 Å². The number of carbonyl (C=O) groups is 2. The number of nitrogens with zero attached hydrogens (tertiary/aromatic N) is 4. The molecule has 30 heavy (non-hydrogen) atoms. The molecular formula is C20H25FN6O3. The molecule has 1 atom stereocenters. The van der Waals surface area contributed by atoms with Crippen LogP contribution in [0.3, 0.4) is 0 Å². The number of benzene rings is 1. The lowest BCUT2D eigenvalue weighted by atomic mass is 9.96. The van der Waals surface area contributed by atoms with Gasteiger partial charge in [-0.15, -0.1) is 0 Å². The Kier molecular flexibility index (Phi) is 5.36. The van der Waals surface area contributed by atoms with Crippen molar-refractivity contribution >= 4 is 23.2 Å². The Balaban J connectivity index is 1.81. The van der Waals surface area contributed by atoms with E-state index >= 15 is 0 Å². The summed E-state index contributed by atoms with van der Waals surface area (Å²) in [6, 6.07) is 4.57. The van der Waals surface area contributed by atoms with Gasteiger partial charge in [0.2, 0.25) is 11.8 Å². The van der Waals surface area contributed by atoms with E-state index in [2.05, 4.69) is 20.6 Å². The molecule has 0 saturated carbocycles. The summed E-state index contributed by atoms with van der Waals surface area (Å²) in [4.78, 5) is 29.2. The number of amides is 2. The predicted molar refractivity (Wildman–Crippen MR) is 108 cm³/mol. The fourth-order valence-corrected chi connectivity index (χ4v) is 2.89. The van der Waals surface area contributed by atoms with Crippen LogP contribution >= 0.6 is 0 Å². The lowest BCUT2D eigenvalue weighted by molar-refractivity contribution is -0.119. The average Bonchev–Trinajstić information content (AvgIpc) is 3.30. The zero-order valence-electron chi connectivity index (χ0n) is 17.6. The van der Waals surface area contributed by atoms with Gasteiger partial charge in [-0.05, 0) is 38.1 Å². The van der Waals surface area contributed by atoms with Gasteiger partial charge in [0.15, 0.2) is 5.82 Å². The summed E-state index contributed by atoms with van der Waals surface area (Å²) in [7, 11) is 0. The number of aromatic nitrogens is 2. The molecule has 0 aliphatic carbocycles. The number of halogens is 1. The van der Waals surface area contributed by atoms with Gasteiger partial charge in [-0.2, -0.15) is 10.1 Å². The molecule has 1 aliphatic rings. The molecule has 0 radical (unpaired) electrons. The molecule has 2 heterocycles.